The molecular weight excluding hydrogens is 440 g/mol. The molecule has 9 heteroatoms. The molecule has 0 radical (unpaired) electrons. The van der Waals surface area contributed by atoms with E-state index in [4.69, 9.17) is 0 Å². The molecule has 2 aromatic carbocycles. The molecule has 172 valence electrons. The Morgan fingerprint density at radius 2 is 1.73 bits per heavy atom. The maximum Gasteiger partial charge on any atom is 0.258 e. The molecule has 0 N–H and O–H groups in total. The fraction of sp³-hybridized carbons (Fsp3) is 0.292. The van der Waals surface area contributed by atoms with Crippen molar-refractivity contribution in [3.05, 3.63) is 76.6 Å². The third kappa shape index (κ3) is 3.93. The van der Waals surface area contributed by atoms with Crippen LogP contribution in [0.4, 0.5) is 11.4 Å². The lowest BCUT2D eigenvalue weighted by molar-refractivity contribution is -0.118. The molecule has 1 atom stereocenters. The number of hydrogen-bond donors (Lipinski definition) is 0. The number of benzene rings is 2. The molecular formula is C24H26N4O4S. The Morgan fingerprint density at radius 3 is 2.27 bits per heavy atom. The molecule has 0 bridgehead atoms. The number of fused-ring (bicyclic) bond motifs is 1. The number of hydrogen-bond acceptors (Lipinski definition) is 5. The third-order valence-corrected chi connectivity index (χ3v) is 7.13. The lowest BCUT2D eigenvalue weighted by atomic mass is 9.99. The minimum atomic E-state index is -3.88. The summed E-state index contributed by atoms with van der Waals surface area (Å²) >= 11 is 0. The molecule has 3 aromatic rings. The number of nitrogens with zero attached hydrogens (tertiary/aromatic N) is 4. The third-order valence-electron chi connectivity index (χ3n) is 6.10. The predicted octanol–water partition coefficient (Wildman–Crippen LogP) is 3.29. The van der Waals surface area contributed by atoms with Crippen LogP contribution in [0.25, 0.3) is 0 Å². The van der Waals surface area contributed by atoms with Crippen molar-refractivity contribution in [1.82, 2.24) is 9.78 Å². The minimum absolute atomic E-state index is 0.0618. The highest BCUT2D eigenvalue weighted by Crippen LogP contribution is 2.32. The highest BCUT2D eigenvalue weighted by molar-refractivity contribution is 7.92. The van der Waals surface area contributed by atoms with Gasteiger partial charge in [0.2, 0.25) is 15.9 Å². The number of anilines is 2. The van der Waals surface area contributed by atoms with Gasteiger partial charge in [-0.3, -0.25) is 14.3 Å². The van der Waals surface area contributed by atoms with Gasteiger partial charge in [0.25, 0.3) is 5.91 Å². The predicted molar refractivity (Wildman–Crippen MR) is 127 cm³/mol. The fourth-order valence-corrected chi connectivity index (χ4v) is 5.30. The lowest BCUT2D eigenvalue weighted by Crippen LogP contribution is -2.39. The van der Waals surface area contributed by atoms with Crippen LogP contribution in [0.15, 0.2) is 48.5 Å². The van der Waals surface area contributed by atoms with Gasteiger partial charge in [0, 0.05) is 18.3 Å². The molecule has 1 aliphatic rings. The first-order valence-corrected chi connectivity index (χ1v) is 12.4. The van der Waals surface area contributed by atoms with E-state index in [1.54, 1.807) is 61.7 Å². The van der Waals surface area contributed by atoms with Gasteiger partial charge in [0.1, 0.15) is 5.69 Å². The standard InChI is InChI=1S/C24H26N4O4S/c1-15(23(29)28(33(5,31)32)22-16(2)25-26(4)17(22)3)18-10-12-20(13-11-18)27-14-19-8-6-7-9-21(19)24(27)30/h6-13,15H,14H2,1-5H3. The van der Waals surface area contributed by atoms with E-state index in [0.717, 1.165) is 21.8 Å². The number of carbonyl (C=O) groups excluding carboxylic acids is 2. The quantitative estimate of drug-likeness (QED) is 0.575. The van der Waals surface area contributed by atoms with E-state index in [1.165, 1.54) is 0 Å². The van der Waals surface area contributed by atoms with E-state index in [1.807, 2.05) is 24.3 Å². The molecule has 0 spiro atoms. The van der Waals surface area contributed by atoms with Gasteiger partial charge in [0.05, 0.1) is 30.1 Å². The number of carbonyl (C=O) groups is 2. The van der Waals surface area contributed by atoms with Crippen LogP contribution in [0, 0.1) is 13.8 Å². The summed E-state index contributed by atoms with van der Waals surface area (Å²) in [6.07, 6.45) is 1.02. The maximum absolute atomic E-state index is 13.4. The van der Waals surface area contributed by atoms with E-state index in [2.05, 4.69) is 5.10 Å². The number of sulfonamides is 1. The van der Waals surface area contributed by atoms with Crippen molar-refractivity contribution in [2.75, 3.05) is 15.5 Å². The van der Waals surface area contributed by atoms with E-state index in [-0.39, 0.29) is 11.6 Å². The molecule has 2 amide bonds. The summed E-state index contributed by atoms with van der Waals surface area (Å²) in [6.45, 7) is 5.57. The van der Waals surface area contributed by atoms with Gasteiger partial charge in [0.15, 0.2) is 0 Å². The number of aromatic nitrogens is 2. The molecule has 1 unspecified atom stereocenters. The summed E-state index contributed by atoms with van der Waals surface area (Å²) in [5.41, 5.74) is 4.37. The molecule has 0 fully saturated rings. The maximum atomic E-state index is 13.4. The highest BCUT2D eigenvalue weighted by Gasteiger charge is 2.34. The Balaban J connectivity index is 1.62. The molecule has 4 rings (SSSR count). The van der Waals surface area contributed by atoms with Crippen molar-refractivity contribution in [1.29, 1.82) is 0 Å². The van der Waals surface area contributed by atoms with Crippen molar-refractivity contribution < 1.29 is 18.0 Å². The van der Waals surface area contributed by atoms with Crippen molar-refractivity contribution in [2.45, 2.75) is 33.2 Å². The Kier molecular flexibility index (Phi) is 5.61. The first kappa shape index (κ1) is 22.7. The van der Waals surface area contributed by atoms with Crippen molar-refractivity contribution >= 4 is 33.2 Å². The van der Waals surface area contributed by atoms with Gasteiger partial charge in [-0.05, 0) is 50.1 Å². The van der Waals surface area contributed by atoms with Gasteiger partial charge in [-0.25, -0.2) is 12.7 Å². The molecule has 2 heterocycles. The zero-order valence-electron chi connectivity index (χ0n) is 19.2. The second kappa shape index (κ2) is 8.15. The van der Waals surface area contributed by atoms with E-state index >= 15 is 0 Å². The van der Waals surface area contributed by atoms with E-state index in [0.29, 0.717) is 29.1 Å². The smallest absolute Gasteiger partial charge is 0.258 e. The summed E-state index contributed by atoms with van der Waals surface area (Å²) in [4.78, 5) is 27.8. The monoisotopic (exact) mass is 466 g/mol. The van der Waals surface area contributed by atoms with Crippen LogP contribution < -0.4 is 9.21 Å². The average Bonchev–Trinajstić information content (AvgIpc) is 3.23. The van der Waals surface area contributed by atoms with Gasteiger partial charge in [-0.2, -0.15) is 5.10 Å². The van der Waals surface area contributed by atoms with Gasteiger partial charge in [-0.1, -0.05) is 30.3 Å². The van der Waals surface area contributed by atoms with Crippen LogP contribution in [0.5, 0.6) is 0 Å². The van der Waals surface area contributed by atoms with Crippen molar-refractivity contribution in [3.63, 3.8) is 0 Å². The topological polar surface area (TPSA) is 92.6 Å². The fourth-order valence-electron chi connectivity index (χ4n) is 4.22. The van der Waals surface area contributed by atoms with Gasteiger partial charge < -0.3 is 4.90 Å². The van der Waals surface area contributed by atoms with Gasteiger partial charge in [-0.15, -0.1) is 0 Å². The van der Waals surface area contributed by atoms with Crippen molar-refractivity contribution in [3.8, 4) is 0 Å². The van der Waals surface area contributed by atoms with Crippen LogP contribution >= 0.6 is 0 Å². The molecule has 8 nitrogen and oxygen atoms in total. The van der Waals surface area contributed by atoms with Crippen molar-refractivity contribution in [2.24, 2.45) is 7.05 Å². The Labute approximate surface area is 193 Å². The van der Waals surface area contributed by atoms with Gasteiger partial charge >= 0.3 is 0 Å². The highest BCUT2D eigenvalue weighted by atomic mass is 32.2. The summed E-state index contributed by atoms with van der Waals surface area (Å²) in [5.74, 6) is -1.35. The van der Waals surface area contributed by atoms with E-state index in [9.17, 15) is 18.0 Å². The number of rotatable bonds is 5. The SMILES string of the molecule is Cc1nn(C)c(C)c1N(C(=O)C(C)c1ccc(N2Cc3ccccc3C2=O)cc1)S(C)(=O)=O. The van der Waals surface area contributed by atoms with E-state index < -0.39 is 21.8 Å². The lowest BCUT2D eigenvalue weighted by Gasteiger charge is -2.24. The average molecular weight is 467 g/mol. The molecule has 1 aliphatic heterocycles. The largest absolute Gasteiger partial charge is 0.304 e. The second-order valence-electron chi connectivity index (χ2n) is 8.37. The summed E-state index contributed by atoms with van der Waals surface area (Å²) < 4.78 is 27.6. The van der Waals surface area contributed by atoms with Crippen LogP contribution in [-0.4, -0.2) is 36.3 Å². The normalized spacial score (nSPS) is 14.3. The first-order chi connectivity index (χ1) is 15.5. The molecule has 1 aromatic heterocycles. The summed E-state index contributed by atoms with van der Waals surface area (Å²) in [6, 6.07) is 14.6. The Morgan fingerprint density at radius 1 is 1.09 bits per heavy atom. The zero-order chi connectivity index (χ0) is 24.1. The molecule has 0 saturated carbocycles. The minimum Gasteiger partial charge on any atom is -0.304 e. The second-order valence-corrected chi connectivity index (χ2v) is 10.2. The summed E-state index contributed by atoms with van der Waals surface area (Å²) in [5, 5.41) is 4.26. The van der Waals surface area contributed by atoms with Crippen LogP contribution in [0.3, 0.4) is 0 Å². The summed E-state index contributed by atoms with van der Waals surface area (Å²) in [7, 11) is -2.18. The molecule has 33 heavy (non-hydrogen) atoms. The zero-order valence-corrected chi connectivity index (χ0v) is 20.0. The number of amides is 2. The molecule has 0 saturated heterocycles. The Bertz CT molecular complexity index is 1360. The number of aryl methyl sites for hydroxylation is 2. The Hall–Kier alpha value is -3.46. The van der Waals surface area contributed by atoms with Crippen LogP contribution in [0.1, 0.15) is 45.7 Å². The first-order valence-electron chi connectivity index (χ1n) is 10.5. The van der Waals surface area contributed by atoms with Crippen LogP contribution in [0.2, 0.25) is 0 Å². The molecule has 0 aliphatic carbocycles. The van der Waals surface area contributed by atoms with Crippen LogP contribution in [-0.2, 0) is 28.4 Å².